The molecule has 0 aromatic heterocycles. The molecule has 3 aromatic carbocycles. The third-order valence-corrected chi connectivity index (χ3v) is 6.29. The Hall–Kier alpha value is -2.73. The molecule has 0 N–H and O–H groups in total. The molecule has 4 nitrogen and oxygen atoms in total. The van der Waals surface area contributed by atoms with Gasteiger partial charge in [-0.3, -0.25) is 14.5 Å². The maximum atomic E-state index is 13.0. The quantitative estimate of drug-likeness (QED) is 0.350. The van der Waals surface area contributed by atoms with Crippen molar-refractivity contribution < 1.29 is 14.3 Å². The Bertz CT molecular complexity index is 1190. The maximum absolute atomic E-state index is 13.0. The molecular formula is C25H19Cl2NO3S. The van der Waals surface area contributed by atoms with Gasteiger partial charge in [-0.15, -0.1) is 0 Å². The summed E-state index contributed by atoms with van der Waals surface area (Å²) in [5.74, 6) is 0.0518. The highest BCUT2D eigenvalue weighted by Crippen LogP contribution is 2.38. The molecule has 4 rings (SSSR count). The van der Waals surface area contributed by atoms with Crippen molar-refractivity contribution in [3.8, 4) is 5.75 Å². The van der Waals surface area contributed by atoms with Gasteiger partial charge in [0.25, 0.3) is 11.1 Å². The number of thioether (sulfide) groups is 1. The van der Waals surface area contributed by atoms with Crippen LogP contribution in [0.4, 0.5) is 4.79 Å². The second kappa shape index (κ2) is 9.82. The number of hydrogen-bond acceptors (Lipinski definition) is 4. The van der Waals surface area contributed by atoms with E-state index in [0.29, 0.717) is 32.9 Å². The number of hydrogen-bond donors (Lipinski definition) is 0. The van der Waals surface area contributed by atoms with Gasteiger partial charge in [-0.1, -0.05) is 83.4 Å². The molecule has 32 heavy (non-hydrogen) atoms. The molecule has 1 fully saturated rings. The molecule has 2 amide bonds. The lowest BCUT2D eigenvalue weighted by atomic mass is 10.1. The number of rotatable bonds is 6. The third kappa shape index (κ3) is 5.18. The first kappa shape index (κ1) is 22.5. The number of benzene rings is 3. The molecule has 7 heteroatoms. The van der Waals surface area contributed by atoms with Crippen molar-refractivity contribution in [1.82, 2.24) is 4.90 Å². The van der Waals surface area contributed by atoms with Crippen molar-refractivity contribution in [2.45, 2.75) is 20.1 Å². The van der Waals surface area contributed by atoms with Crippen molar-refractivity contribution >= 4 is 52.2 Å². The molecule has 1 aliphatic rings. The Morgan fingerprint density at radius 2 is 1.69 bits per heavy atom. The van der Waals surface area contributed by atoms with E-state index in [9.17, 15) is 9.59 Å². The van der Waals surface area contributed by atoms with E-state index < -0.39 is 0 Å². The van der Waals surface area contributed by atoms with Crippen molar-refractivity contribution in [3.63, 3.8) is 0 Å². The van der Waals surface area contributed by atoms with Crippen molar-refractivity contribution in [1.29, 1.82) is 0 Å². The lowest BCUT2D eigenvalue weighted by Gasteiger charge is -2.13. The van der Waals surface area contributed by atoms with E-state index in [1.165, 1.54) is 4.90 Å². The van der Waals surface area contributed by atoms with Crippen LogP contribution in [0, 0.1) is 6.92 Å². The van der Waals surface area contributed by atoms with Gasteiger partial charge in [0.15, 0.2) is 0 Å². The van der Waals surface area contributed by atoms with Crippen molar-refractivity contribution in [2.24, 2.45) is 0 Å². The maximum Gasteiger partial charge on any atom is 0.293 e. The molecule has 162 valence electrons. The summed E-state index contributed by atoms with van der Waals surface area (Å²) in [6, 6.07) is 20.6. The summed E-state index contributed by atoms with van der Waals surface area (Å²) in [6.45, 7) is 2.51. The predicted octanol–water partition coefficient (Wildman–Crippen LogP) is 7.12. The van der Waals surface area contributed by atoms with E-state index in [0.717, 1.165) is 28.5 Å². The van der Waals surface area contributed by atoms with Crippen LogP contribution in [0.1, 0.15) is 22.3 Å². The SMILES string of the molecule is Cc1ccc(CN2C(=O)S/C(=C\c3cc(Cl)cc(Cl)c3OCc3ccccc3)C2=O)cc1. The standard InChI is InChI=1S/C25H19Cl2NO3S/c1-16-7-9-17(10-8-16)14-28-24(29)22(32-25(28)30)12-19-11-20(26)13-21(27)23(19)31-15-18-5-3-2-4-6-18/h2-13H,14-15H2,1H3/b22-12-. The zero-order chi connectivity index (χ0) is 22.7. The van der Waals surface area contributed by atoms with E-state index in [-0.39, 0.29) is 17.7 Å². The van der Waals surface area contributed by atoms with Crippen LogP contribution in [0.5, 0.6) is 5.75 Å². The van der Waals surface area contributed by atoms with Gasteiger partial charge in [0, 0.05) is 10.6 Å². The van der Waals surface area contributed by atoms with Gasteiger partial charge in [-0.05, 0) is 48.0 Å². The Balaban J connectivity index is 1.59. The van der Waals surface area contributed by atoms with Gasteiger partial charge in [-0.2, -0.15) is 0 Å². The van der Waals surface area contributed by atoms with E-state index >= 15 is 0 Å². The molecule has 0 radical (unpaired) electrons. The summed E-state index contributed by atoms with van der Waals surface area (Å²) in [7, 11) is 0. The molecule has 0 aliphatic carbocycles. The number of aryl methyl sites for hydroxylation is 1. The molecule has 0 saturated carbocycles. The Morgan fingerprint density at radius 3 is 2.41 bits per heavy atom. The minimum atomic E-state index is -0.356. The zero-order valence-corrected chi connectivity index (χ0v) is 19.5. The summed E-state index contributed by atoms with van der Waals surface area (Å²) < 4.78 is 5.96. The average molecular weight is 484 g/mol. The van der Waals surface area contributed by atoms with Crippen LogP contribution in [0.25, 0.3) is 6.08 Å². The minimum absolute atomic E-state index is 0.218. The molecule has 1 heterocycles. The highest BCUT2D eigenvalue weighted by atomic mass is 35.5. The van der Waals surface area contributed by atoms with Crippen LogP contribution >= 0.6 is 35.0 Å². The number of ether oxygens (including phenoxy) is 1. The average Bonchev–Trinajstić information content (AvgIpc) is 3.02. The molecule has 1 aliphatic heterocycles. The Morgan fingerprint density at radius 1 is 0.969 bits per heavy atom. The normalized spacial score (nSPS) is 15.0. The number of nitrogens with zero attached hydrogens (tertiary/aromatic N) is 1. The zero-order valence-electron chi connectivity index (χ0n) is 17.2. The summed E-state index contributed by atoms with van der Waals surface area (Å²) in [4.78, 5) is 27.0. The lowest BCUT2D eigenvalue weighted by Crippen LogP contribution is -2.27. The van der Waals surface area contributed by atoms with E-state index in [1.807, 2.05) is 61.5 Å². The van der Waals surface area contributed by atoms with Crippen LogP contribution < -0.4 is 4.74 Å². The fourth-order valence-electron chi connectivity index (χ4n) is 3.22. The van der Waals surface area contributed by atoms with Gasteiger partial charge >= 0.3 is 0 Å². The van der Waals surface area contributed by atoms with Gasteiger partial charge in [0.1, 0.15) is 12.4 Å². The van der Waals surface area contributed by atoms with E-state index in [1.54, 1.807) is 18.2 Å². The lowest BCUT2D eigenvalue weighted by molar-refractivity contribution is -0.123. The third-order valence-electron chi connectivity index (χ3n) is 4.88. The highest BCUT2D eigenvalue weighted by Gasteiger charge is 2.35. The van der Waals surface area contributed by atoms with Gasteiger partial charge < -0.3 is 4.74 Å². The summed E-state index contributed by atoms with van der Waals surface area (Å²) in [6.07, 6.45) is 1.61. The number of carbonyl (C=O) groups is 2. The van der Waals surface area contributed by atoms with Crippen molar-refractivity contribution in [3.05, 3.63) is 104 Å². The summed E-state index contributed by atoms with van der Waals surface area (Å²) in [5, 5.41) is 0.424. The predicted molar refractivity (Wildman–Crippen MR) is 130 cm³/mol. The van der Waals surface area contributed by atoms with Crippen molar-refractivity contribution in [2.75, 3.05) is 0 Å². The van der Waals surface area contributed by atoms with E-state index in [4.69, 9.17) is 27.9 Å². The Labute approximate surface area is 200 Å². The molecule has 1 saturated heterocycles. The minimum Gasteiger partial charge on any atom is -0.487 e. The summed E-state index contributed by atoms with van der Waals surface area (Å²) in [5.41, 5.74) is 3.52. The summed E-state index contributed by atoms with van der Waals surface area (Å²) >= 11 is 13.5. The molecule has 0 spiro atoms. The highest BCUT2D eigenvalue weighted by molar-refractivity contribution is 8.18. The van der Waals surface area contributed by atoms with Crippen LogP contribution in [0.3, 0.4) is 0 Å². The second-order valence-corrected chi connectivity index (χ2v) is 9.17. The number of halogens is 2. The first-order valence-corrected chi connectivity index (χ1v) is 11.4. The largest absolute Gasteiger partial charge is 0.487 e. The molecular weight excluding hydrogens is 465 g/mol. The number of amides is 2. The molecule has 0 bridgehead atoms. The first-order chi connectivity index (χ1) is 15.4. The van der Waals surface area contributed by atoms with Crippen LogP contribution in [0.2, 0.25) is 10.0 Å². The fourth-order valence-corrected chi connectivity index (χ4v) is 4.62. The Kier molecular flexibility index (Phi) is 6.89. The van der Waals surface area contributed by atoms with Gasteiger partial charge in [-0.25, -0.2) is 0 Å². The monoisotopic (exact) mass is 483 g/mol. The van der Waals surface area contributed by atoms with Gasteiger partial charge in [0.2, 0.25) is 0 Å². The van der Waals surface area contributed by atoms with Gasteiger partial charge in [0.05, 0.1) is 16.5 Å². The molecule has 0 unspecified atom stereocenters. The second-order valence-electron chi connectivity index (χ2n) is 7.33. The molecule has 3 aromatic rings. The topological polar surface area (TPSA) is 46.6 Å². The number of carbonyl (C=O) groups excluding carboxylic acids is 2. The van der Waals surface area contributed by atoms with E-state index in [2.05, 4.69) is 0 Å². The molecule has 0 atom stereocenters. The van der Waals surface area contributed by atoms with Crippen LogP contribution in [-0.2, 0) is 17.9 Å². The van der Waals surface area contributed by atoms with Crippen LogP contribution in [0.15, 0.2) is 71.6 Å². The smallest absolute Gasteiger partial charge is 0.293 e. The fraction of sp³-hybridized carbons (Fsp3) is 0.120. The first-order valence-electron chi connectivity index (χ1n) is 9.87. The van der Waals surface area contributed by atoms with Crippen LogP contribution in [-0.4, -0.2) is 16.0 Å². The number of imide groups is 1.